The van der Waals surface area contributed by atoms with Gasteiger partial charge in [0.1, 0.15) is 24.1 Å². The van der Waals surface area contributed by atoms with Gasteiger partial charge in [0, 0.05) is 6.20 Å². The van der Waals surface area contributed by atoms with Crippen molar-refractivity contribution >= 4 is 21.2 Å². The number of aliphatic hydroxyl groups excluding tert-OH is 2. The van der Waals surface area contributed by atoms with Crippen molar-refractivity contribution in [2.75, 3.05) is 12.3 Å². The summed E-state index contributed by atoms with van der Waals surface area (Å²) in [5.41, 5.74) is 4.51. The minimum Gasteiger partial charge on any atom is -0.809 e. The van der Waals surface area contributed by atoms with Crippen LogP contribution in [0.25, 0.3) is 0 Å². The van der Waals surface area contributed by atoms with Gasteiger partial charge in [-0.15, -0.1) is 0 Å². The molecule has 0 spiro atoms. The Bertz CT molecular complexity index is 946. The molecule has 0 amide bonds. The number of anilines is 1. The molecule has 2 heterocycles. The van der Waals surface area contributed by atoms with E-state index in [1.807, 2.05) is 0 Å². The molecule has 1 saturated heterocycles. The molecule has 1 aliphatic heterocycles. The Morgan fingerprint density at radius 2 is 1.76 bits per heavy atom. The van der Waals surface area contributed by atoms with E-state index >= 15 is 0 Å². The fourth-order valence-electron chi connectivity index (χ4n) is 3.69. The Kier molecular flexibility index (Phi) is 15.6. The number of hydrogen-bond donors (Lipinski definition) is 3. The molecule has 19 heteroatoms. The predicted octanol–water partition coefficient (Wildman–Crippen LogP) is -11.6. The van der Waals surface area contributed by atoms with Crippen molar-refractivity contribution in [2.45, 2.75) is 56.1 Å². The monoisotopic (exact) mass is 551 g/mol. The maximum atomic E-state index is 12.1. The minimum atomic E-state index is -5.40. The molecule has 176 valence electrons. The quantitative estimate of drug-likeness (QED) is 0.201. The van der Waals surface area contributed by atoms with Crippen molar-refractivity contribution in [1.82, 2.24) is 9.55 Å². The summed E-state index contributed by atoms with van der Waals surface area (Å²) in [6, 6.07) is 1.25. The number of nitrogen functional groups attached to an aromatic ring is 1. The van der Waals surface area contributed by atoms with Gasteiger partial charge in [-0.1, -0.05) is 12.8 Å². The van der Waals surface area contributed by atoms with Gasteiger partial charge >= 0.3 is 94.4 Å². The third-order valence-corrected chi connectivity index (χ3v) is 7.48. The van der Waals surface area contributed by atoms with Gasteiger partial charge < -0.3 is 49.0 Å². The van der Waals surface area contributed by atoms with Crippen LogP contribution in [0.3, 0.4) is 0 Å². The van der Waals surface area contributed by atoms with Gasteiger partial charge in [0.25, 0.3) is 7.82 Å². The van der Waals surface area contributed by atoms with Crippen LogP contribution in [0.4, 0.5) is 5.82 Å². The first-order valence-electron chi connectivity index (χ1n) is 9.41. The molecule has 0 radical (unpaired) electrons. The van der Waals surface area contributed by atoms with Crippen LogP contribution in [0, 0.1) is 5.92 Å². The first kappa shape index (κ1) is 35.8. The molecule has 2 fully saturated rings. The van der Waals surface area contributed by atoms with Crippen LogP contribution in [-0.2, 0) is 22.9 Å². The fourth-order valence-corrected chi connectivity index (χ4v) is 6.14. The van der Waals surface area contributed by atoms with E-state index in [1.165, 1.54) is 12.3 Å². The third-order valence-electron chi connectivity index (χ3n) is 5.21. The molecule has 34 heavy (non-hydrogen) atoms. The smallest absolute Gasteiger partial charge is 0.809 e. The van der Waals surface area contributed by atoms with E-state index in [1.54, 1.807) is 0 Å². The van der Waals surface area contributed by atoms with Gasteiger partial charge in [0.15, 0.2) is 6.23 Å². The summed E-state index contributed by atoms with van der Waals surface area (Å²) in [6.07, 6.45) is -3.06. The number of nitrogens with two attached hydrogens (primary N) is 1. The molecule has 6 atom stereocenters. The Morgan fingerprint density at radius 1 is 1.18 bits per heavy atom. The van der Waals surface area contributed by atoms with Gasteiger partial charge in [0.05, 0.1) is 12.5 Å². The van der Waals surface area contributed by atoms with Crippen LogP contribution in [0.5, 0.6) is 0 Å². The van der Waals surface area contributed by atoms with Crippen molar-refractivity contribution in [3.8, 4) is 0 Å². The van der Waals surface area contributed by atoms with Gasteiger partial charge in [0.2, 0.25) is 0 Å². The predicted molar refractivity (Wildman–Crippen MR) is 96.8 cm³/mol. The Morgan fingerprint density at radius 3 is 2.29 bits per heavy atom. The minimum absolute atomic E-state index is 0. The summed E-state index contributed by atoms with van der Waals surface area (Å²) in [5.74, 6) is -2.94. The van der Waals surface area contributed by atoms with E-state index in [9.17, 15) is 38.8 Å². The van der Waals surface area contributed by atoms with Crippen molar-refractivity contribution in [1.29, 1.82) is 0 Å². The van der Waals surface area contributed by atoms with E-state index in [-0.39, 0.29) is 94.5 Å². The molecule has 1 aromatic rings. The Labute approximate surface area is 261 Å². The molecule has 0 bridgehead atoms. The fraction of sp³-hybridized carbons (Fsp3) is 0.733. The average Bonchev–Trinajstić information content (AvgIpc) is 3.28. The maximum absolute atomic E-state index is 12.1. The second-order valence-electron chi connectivity index (χ2n) is 7.41. The molecule has 2 unspecified atom stereocenters. The number of rotatable bonds is 8. The molecular weight excluding hydrogens is 529 g/mol. The van der Waals surface area contributed by atoms with Gasteiger partial charge in [-0.2, -0.15) is 4.98 Å². The number of hydrogen-bond acceptors (Lipinski definition) is 13. The Balaban J connectivity index is 0.00000363. The standard InChI is InChI=1S/C15H25N3O11P2.3Na/c16-10-5-6-18(15(21)17-10)13-12(20)11(19)9(28-13)7-27-31(25,26)29-14(30(22,23)24)8-3-1-2-4-8;;;/h5-6,8-9,11-14,19-20H,1-4,7H2,(H,25,26)(H2,16,17,21)(H2,22,23,24);;;/q;3*+1/p-3/t9-,11-,12-,13-,14?;;;/m1.../s1. The first-order valence-corrected chi connectivity index (χ1v) is 12.5. The number of phosphoric acid groups is 1. The molecule has 4 N–H and O–H groups in total. The summed E-state index contributed by atoms with van der Waals surface area (Å²) in [7, 11) is -10.7. The van der Waals surface area contributed by atoms with Crippen molar-refractivity contribution < 1.29 is 136 Å². The van der Waals surface area contributed by atoms with Crippen LogP contribution in [0.1, 0.15) is 31.9 Å². The van der Waals surface area contributed by atoms with Gasteiger partial charge in [-0.05, 0) is 32.4 Å². The third kappa shape index (κ3) is 9.23. The maximum Gasteiger partial charge on any atom is 1.00 e. The zero-order valence-corrected chi connectivity index (χ0v) is 26.9. The van der Waals surface area contributed by atoms with E-state index in [0.29, 0.717) is 25.7 Å². The summed E-state index contributed by atoms with van der Waals surface area (Å²) in [4.78, 5) is 50.5. The van der Waals surface area contributed by atoms with Gasteiger partial charge in [-0.25, -0.2) is 4.79 Å². The first-order chi connectivity index (χ1) is 14.4. The van der Waals surface area contributed by atoms with E-state index in [0.717, 1.165) is 4.57 Å². The molecule has 3 rings (SSSR count). The SMILES string of the molecule is Nc1ccn([C@@H]2O[C@H](COP(=O)([O-])OC(C3CCCC3)P(=O)([O-])[O-])[C@@H](O)[C@H]2O)c(=O)n1.[Na+].[Na+].[Na+]. The van der Waals surface area contributed by atoms with Crippen LogP contribution < -0.4 is 115 Å². The number of nitrogens with zero attached hydrogens (tertiary/aromatic N) is 2. The normalized spacial score (nSPS) is 27.7. The van der Waals surface area contributed by atoms with Gasteiger partial charge in [-0.3, -0.25) is 9.13 Å². The number of aromatic nitrogens is 2. The molecule has 0 aromatic carbocycles. The molecule has 2 aliphatic rings. The number of aliphatic hydroxyl groups is 2. The van der Waals surface area contributed by atoms with Crippen molar-refractivity contribution in [2.24, 2.45) is 5.92 Å². The van der Waals surface area contributed by atoms with Crippen LogP contribution in [0.2, 0.25) is 0 Å². The topological polar surface area (TPSA) is 232 Å². The van der Waals surface area contributed by atoms with Crippen LogP contribution >= 0.6 is 15.4 Å². The summed E-state index contributed by atoms with van der Waals surface area (Å²) < 4.78 is 39.0. The van der Waals surface area contributed by atoms with Crippen LogP contribution in [-0.4, -0.2) is 50.5 Å². The molecule has 1 saturated carbocycles. The van der Waals surface area contributed by atoms with Crippen LogP contribution in [0.15, 0.2) is 17.1 Å². The van der Waals surface area contributed by atoms with Crippen molar-refractivity contribution in [3.05, 3.63) is 22.7 Å². The number of ether oxygens (including phenoxy) is 1. The zero-order valence-electron chi connectivity index (χ0n) is 19.1. The molecule has 14 nitrogen and oxygen atoms in total. The zero-order chi connectivity index (χ0) is 23.0. The summed E-state index contributed by atoms with van der Waals surface area (Å²) in [5, 5.41) is 20.3. The van der Waals surface area contributed by atoms with Crippen molar-refractivity contribution in [3.63, 3.8) is 0 Å². The average molecular weight is 551 g/mol. The second kappa shape index (κ2) is 14.8. The molecular formula is C15H22N3Na3O11P2. The molecule has 1 aliphatic carbocycles. The van der Waals surface area contributed by atoms with E-state index in [4.69, 9.17) is 10.5 Å². The second-order valence-corrected chi connectivity index (χ2v) is 10.4. The molecule has 1 aromatic heterocycles. The summed E-state index contributed by atoms with van der Waals surface area (Å²) in [6.45, 7) is -0.869. The van der Waals surface area contributed by atoms with E-state index < -0.39 is 64.0 Å². The largest absolute Gasteiger partial charge is 1.00 e. The number of phosphoric ester groups is 1. The summed E-state index contributed by atoms with van der Waals surface area (Å²) >= 11 is 0. The Hall–Kier alpha value is 1.82. The van der Waals surface area contributed by atoms with E-state index in [2.05, 4.69) is 14.0 Å².